The molecule has 32 atom stereocenters. The Labute approximate surface area is 415 Å². The van der Waals surface area contributed by atoms with Gasteiger partial charge in [0.2, 0.25) is 17.4 Å². The molecule has 35 heteroatoms. The van der Waals surface area contributed by atoms with Crippen molar-refractivity contribution in [2.45, 2.75) is 196 Å². The number of aliphatic hydroxyl groups is 21. The molecule has 21 fully saturated rings. The van der Waals surface area contributed by atoms with E-state index in [1.54, 1.807) is 0 Å². The Kier molecular flexibility index (Phi) is 18.2. The molecule has 0 radical (unpaired) electrons. The highest BCUT2D eigenvalue weighted by atomic mass is 16.8. The summed E-state index contributed by atoms with van der Waals surface area (Å²) in [5.74, 6) is -9.23. The minimum Gasteiger partial charge on any atom is -0.394 e. The monoisotopic (exact) mass is 1090 g/mol. The molecule has 21 N–H and O–H groups in total. The van der Waals surface area contributed by atoms with Gasteiger partial charge in [0.1, 0.15) is 154 Å². The summed E-state index contributed by atoms with van der Waals surface area (Å²) < 4.78 is 76.7. The molecule has 0 spiro atoms. The van der Waals surface area contributed by atoms with Gasteiger partial charge in [0.15, 0.2) is 44.0 Å². The van der Waals surface area contributed by atoms with Crippen LogP contribution in [0.4, 0.5) is 0 Å². The van der Waals surface area contributed by atoms with Crippen molar-refractivity contribution in [3.63, 3.8) is 0 Å². The molecule has 0 aliphatic carbocycles. The normalized spacial score (nSPS) is 57.1. The summed E-state index contributed by atoms with van der Waals surface area (Å²) in [6.07, 6.45) is -62.1. The van der Waals surface area contributed by atoms with Gasteiger partial charge in [-0.05, 0) is 0 Å². The number of aliphatic hydroxyl groups excluding tert-OH is 18. The fourth-order valence-corrected chi connectivity index (χ4v) is 9.58. The molecule has 21 heterocycles. The molecular weight excluding hydrogens is 1030 g/mol. The Bertz CT molecular complexity index is 1820. The van der Waals surface area contributed by atoms with Gasteiger partial charge in [-0.15, -0.1) is 0 Å². The highest BCUT2D eigenvalue weighted by Gasteiger charge is 2.62. The number of rotatable bonds is 4. The number of ether oxygens (including phenoxy) is 14. The van der Waals surface area contributed by atoms with Crippen LogP contribution < -0.4 is 0 Å². The second kappa shape index (κ2) is 23.0. The zero-order valence-corrected chi connectivity index (χ0v) is 38.3. The van der Waals surface area contributed by atoms with Crippen molar-refractivity contribution < 1.29 is 174 Å². The summed E-state index contributed by atoms with van der Waals surface area (Å²) in [5.41, 5.74) is 0. The first-order valence-corrected chi connectivity index (χ1v) is 23.1. The van der Waals surface area contributed by atoms with Gasteiger partial charge in [-0.2, -0.15) is 0 Å². The highest BCUT2D eigenvalue weighted by Crippen LogP contribution is 2.40. The molecule has 21 rings (SSSR count). The van der Waals surface area contributed by atoms with E-state index in [0.717, 1.165) is 0 Å². The number of hydrogen-bond acceptors (Lipinski definition) is 35. The zero-order chi connectivity index (χ0) is 54.1. The molecule has 0 aromatic heterocycles. The molecule has 21 saturated heterocycles. The van der Waals surface area contributed by atoms with Crippen molar-refractivity contribution >= 4 is 0 Å². The lowest BCUT2D eigenvalue weighted by Crippen LogP contribution is -2.70. The molecule has 74 heavy (non-hydrogen) atoms. The van der Waals surface area contributed by atoms with E-state index in [0.29, 0.717) is 0 Å². The van der Waals surface area contributed by atoms with E-state index >= 15 is 0 Å². The summed E-state index contributed by atoms with van der Waals surface area (Å²) in [6, 6.07) is 0. The van der Waals surface area contributed by atoms with Crippen molar-refractivity contribution in [3.05, 3.63) is 0 Å². The Balaban J connectivity index is 1.05. The van der Waals surface area contributed by atoms with Gasteiger partial charge >= 0.3 is 0 Å². The van der Waals surface area contributed by atoms with Crippen LogP contribution in [0, 0.1) is 0 Å². The molecule has 0 aromatic carbocycles. The number of hydrogen-bond donors (Lipinski definition) is 21. The Morgan fingerprint density at radius 3 is 0.797 bits per heavy atom. The average Bonchev–Trinajstić information content (AvgIpc) is 3.37. The van der Waals surface area contributed by atoms with Crippen LogP contribution in [0.5, 0.6) is 0 Å². The second-order valence-electron chi connectivity index (χ2n) is 19.0. The fraction of sp³-hybridized carbons (Fsp3) is 1.00. The Morgan fingerprint density at radius 2 is 0.500 bits per heavy atom. The minimum absolute atomic E-state index is 1.05. The molecule has 14 bridgehead atoms. The van der Waals surface area contributed by atoms with E-state index in [9.17, 15) is 107 Å². The van der Waals surface area contributed by atoms with Crippen molar-refractivity contribution in [2.24, 2.45) is 0 Å². The molecule has 0 saturated carbocycles. The quantitative estimate of drug-likeness (QED) is 0.124. The third-order valence-corrected chi connectivity index (χ3v) is 14.0. The van der Waals surface area contributed by atoms with Crippen molar-refractivity contribution in [1.29, 1.82) is 0 Å². The van der Waals surface area contributed by atoms with Gasteiger partial charge in [0.05, 0.1) is 26.4 Å². The van der Waals surface area contributed by atoms with E-state index in [2.05, 4.69) is 0 Å². The van der Waals surface area contributed by atoms with E-state index in [1.165, 1.54) is 0 Å². The fourth-order valence-electron chi connectivity index (χ4n) is 9.58. The van der Waals surface area contributed by atoms with Crippen LogP contribution in [0.15, 0.2) is 0 Å². The first-order chi connectivity index (χ1) is 34.8. The van der Waals surface area contributed by atoms with Crippen LogP contribution in [0.3, 0.4) is 0 Å². The third-order valence-electron chi connectivity index (χ3n) is 14.0. The lowest BCUT2D eigenvalue weighted by Gasteiger charge is -2.50. The van der Waals surface area contributed by atoms with Crippen LogP contribution >= 0.6 is 0 Å². The molecular formula is C39H64O35. The van der Waals surface area contributed by atoms with Gasteiger partial charge in [0.25, 0.3) is 0 Å². The smallest absolute Gasteiger partial charge is 0.221 e. The average molecular weight is 1090 g/mol. The van der Waals surface area contributed by atoms with Crippen molar-refractivity contribution in [3.8, 4) is 0 Å². The summed E-state index contributed by atoms with van der Waals surface area (Å²) in [5, 5.41) is 230. The topological polar surface area (TPSA) is 554 Å². The Morgan fingerprint density at radius 1 is 0.270 bits per heavy atom. The molecule has 430 valence electrons. The van der Waals surface area contributed by atoms with E-state index < -0.39 is 242 Å². The van der Waals surface area contributed by atoms with E-state index in [4.69, 9.17) is 66.3 Å². The lowest BCUT2D eigenvalue weighted by atomic mass is 9.95. The predicted octanol–water partition coefficient (Wildman–Crippen LogP) is -15.4. The summed E-state index contributed by atoms with van der Waals surface area (Å²) >= 11 is 0. The maximum absolute atomic E-state index is 11.3. The predicted molar refractivity (Wildman–Crippen MR) is 214 cm³/mol. The van der Waals surface area contributed by atoms with Gasteiger partial charge in [0, 0.05) is 0 Å². The van der Waals surface area contributed by atoms with Gasteiger partial charge in [-0.1, -0.05) is 0 Å². The van der Waals surface area contributed by atoms with Crippen LogP contribution in [-0.4, -0.2) is 349 Å². The molecule has 0 amide bonds. The maximum atomic E-state index is 11.3. The second-order valence-corrected chi connectivity index (χ2v) is 19.0. The zero-order valence-electron chi connectivity index (χ0n) is 38.3. The standard InChI is InChI=1S/C39H64O35/c40-1-8-23-12(44)16(48)33(64-8)70-25-9(2-41)65-34(17(49)13(25)45)71-26-11(4-43)67-36(19(51)15(26)47)74-39(60)7-63-32(22(54)29(39)57)72-37(58)5-61-30(20(52)27(37)55)69-24-10(3-42)66-35(18(50)14(24)46)73-38(59)6-62-31(68-23)21(53)28(38)56/h8-36,40-60H,1-7H2/t8?,9?,10?,11?,12-,13-,14-,15-,16?,17?,18?,19?,20?,21?,22?,23+,24+,25+,26+,27-,28-,29-,30+,31+,32+,33+,34+,35+,36+,37-,38-,39-/m1/s1. The molecule has 35 nitrogen and oxygen atoms in total. The molecule has 21 aliphatic heterocycles. The third kappa shape index (κ3) is 10.8. The van der Waals surface area contributed by atoms with Crippen molar-refractivity contribution in [1.82, 2.24) is 0 Å². The van der Waals surface area contributed by atoms with Crippen LogP contribution in [0.25, 0.3) is 0 Å². The van der Waals surface area contributed by atoms with Crippen molar-refractivity contribution in [2.75, 3.05) is 46.2 Å². The molecule has 21 aliphatic rings. The summed E-state index contributed by atoms with van der Waals surface area (Å²) in [7, 11) is 0. The van der Waals surface area contributed by atoms with Crippen LogP contribution in [0.1, 0.15) is 0 Å². The van der Waals surface area contributed by atoms with E-state index in [1.807, 2.05) is 0 Å². The first-order valence-electron chi connectivity index (χ1n) is 23.1. The van der Waals surface area contributed by atoms with Gasteiger partial charge in [-0.3, -0.25) is 0 Å². The summed E-state index contributed by atoms with van der Waals surface area (Å²) in [4.78, 5) is 0. The molecule has 11 unspecified atom stereocenters. The molecule has 0 aromatic rings. The van der Waals surface area contributed by atoms with Gasteiger partial charge in [-0.25, -0.2) is 0 Å². The maximum Gasteiger partial charge on any atom is 0.221 e. The van der Waals surface area contributed by atoms with Crippen LogP contribution in [0.2, 0.25) is 0 Å². The lowest BCUT2D eigenvalue weighted by molar-refractivity contribution is -0.453. The Hall–Kier alpha value is -1.40. The van der Waals surface area contributed by atoms with Crippen LogP contribution in [-0.2, 0) is 66.3 Å². The largest absolute Gasteiger partial charge is 0.394 e. The highest BCUT2D eigenvalue weighted by molar-refractivity contribution is 5.01. The van der Waals surface area contributed by atoms with E-state index in [-0.39, 0.29) is 0 Å². The first kappa shape index (κ1) is 58.7. The minimum atomic E-state index is -3.10. The summed E-state index contributed by atoms with van der Waals surface area (Å²) in [6.45, 7) is -7.88. The SMILES string of the molecule is OCC1O[C@H]2O[C@H]3C(CO)O[C@@H](O[C@]4(O)CO[C@@H](O[C@]5(O)CO[C@@H](O[C@H]6C(CO)O[C@@H](O[C@]7(O)CO[C@@H](O[C@H]8C(CO)O[C@@H](O[C@@H]1[C@H](O)C2O)C(O)[C@H]8O)C(O)[C@H]7O)C(O)[C@H]6O)C(O)[C@H]5O)C(O)[C@H]4O)C(O)[C@H]3O. The van der Waals surface area contributed by atoms with Gasteiger partial charge < -0.3 is 174 Å².